The number of ketones is 1. The zero-order chi connectivity index (χ0) is 9.30. The number of aliphatic hydroxyl groups is 2. The highest BCUT2D eigenvalue weighted by Gasteiger charge is 2.28. The first-order valence-electron chi connectivity index (χ1n) is 3.34. The molecule has 0 saturated carbocycles. The average Bonchev–Trinajstić information content (AvgIpc) is 1.99. The second kappa shape index (κ2) is 3.04. The number of hydrogen-bond donors (Lipinski definition) is 2. The second-order valence-electron chi connectivity index (χ2n) is 2.58. The lowest BCUT2D eigenvalue weighted by Gasteiger charge is -2.22. The summed E-state index contributed by atoms with van der Waals surface area (Å²) in [6.07, 6.45) is -2.31. The Morgan fingerprint density at radius 1 is 1.58 bits per heavy atom. The van der Waals surface area contributed by atoms with E-state index in [0.29, 0.717) is 0 Å². The van der Waals surface area contributed by atoms with Crippen LogP contribution in [0.5, 0.6) is 0 Å². The van der Waals surface area contributed by atoms with Crippen molar-refractivity contribution in [3.8, 4) is 0 Å². The minimum atomic E-state index is -1.51. The molecule has 0 spiro atoms. The van der Waals surface area contributed by atoms with Crippen molar-refractivity contribution in [1.82, 2.24) is 0 Å². The van der Waals surface area contributed by atoms with Crippen molar-refractivity contribution in [3.05, 3.63) is 11.6 Å². The first-order valence-corrected chi connectivity index (χ1v) is 3.34. The summed E-state index contributed by atoms with van der Waals surface area (Å²) in [6, 6.07) is 0. The van der Waals surface area contributed by atoms with Crippen LogP contribution >= 0.6 is 0 Å². The quantitative estimate of drug-likeness (QED) is 0.449. The van der Waals surface area contributed by atoms with Gasteiger partial charge in [-0.3, -0.25) is 4.79 Å². The van der Waals surface area contributed by atoms with Crippen molar-refractivity contribution < 1.29 is 24.9 Å². The van der Waals surface area contributed by atoms with Gasteiger partial charge >= 0.3 is 0 Å². The van der Waals surface area contributed by atoms with Crippen molar-refractivity contribution in [2.24, 2.45) is 0 Å². The largest absolute Gasteiger partial charge is 0.545 e. The van der Waals surface area contributed by atoms with Crippen LogP contribution in [-0.4, -0.2) is 34.2 Å². The lowest BCUT2D eigenvalue weighted by molar-refractivity contribution is -0.299. The maximum absolute atomic E-state index is 10.7. The molecule has 0 aliphatic heterocycles. The van der Waals surface area contributed by atoms with Gasteiger partial charge in [0, 0.05) is 6.42 Å². The Hall–Kier alpha value is -1.20. The Labute approximate surface area is 67.9 Å². The third kappa shape index (κ3) is 1.51. The number of hydrogen-bond acceptors (Lipinski definition) is 5. The van der Waals surface area contributed by atoms with Gasteiger partial charge in [-0.2, -0.15) is 0 Å². The molecule has 0 aromatic carbocycles. The van der Waals surface area contributed by atoms with E-state index >= 15 is 0 Å². The van der Waals surface area contributed by atoms with Gasteiger partial charge in [-0.1, -0.05) is 0 Å². The predicted molar refractivity (Wildman–Crippen MR) is 34.7 cm³/mol. The second-order valence-corrected chi connectivity index (χ2v) is 2.58. The Bertz CT molecular complexity index is 255. The fraction of sp³-hybridized carbons (Fsp3) is 0.429. The van der Waals surface area contributed by atoms with Gasteiger partial charge in [0.15, 0.2) is 5.78 Å². The van der Waals surface area contributed by atoms with E-state index in [2.05, 4.69) is 0 Å². The highest BCUT2D eigenvalue weighted by Crippen LogP contribution is 2.15. The topological polar surface area (TPSA) is 97.7 Å². The van der Waals surface area contributed by atoms with Gasteiger partial charge in [0.2, 0.25) is 0 Å². The molecule has 12 heavy (non-hydrogen) atoms. The molecule has 0 aromatic rings. The summed E-state index contributed by atoms with van der Waals surface area (Å²) >= 11 is 0. The van der Waals surface area contributed by atoms with E-state index in [-0.39, 0.29) is 12.0 Å². The molecule has 2 unspecified atom stereocenters. The molecule has 0 aromatic heterocycles. The molecule has 0 bridgehead atoms. The smallest absolute Gasteiger partial charge is 0.187 e. The van der Waals surface area contributed by atoms with Crippen molar-refractivity contribution >= 4 is 11.8 Å². The third-order valence-corrected chi connectivity index (χ3v) is 1.66. The Kier molecular flexibility index (Phi) is 2.25. The molecule has 5 nitrogen and oxygen atoms in total. The number of carbonyl (C=O) groups is 2. The zero-order valence-corrected chi connectivity index (χ0v) is 6.06. The summed E-state index contributed by atoms with van der Waals surface area (Å²) in [5.41, 5.74) is -0.280. The summed E-state index contributed by atoms with van der Waals surface area (Å²) in [5, 5.41) is 28.1. The molecule has 0 saturated heterocycles. The molecular formula is C7H7O5-. The number of rotatable bonds is 1. The molecular weight excluding hydrogens is 164 g/mol. The number of carboxylic acids is 1. The van der Waals surface area contributed by atoms with Crippen molar-refractivity contribution in [2.75, 3.05) is 0 Å². The highest BCUT2D eigenvalue weighted by molar-refractivity contribution is 6.02. The van der Waals surface area contributed by atoms with E-state index in [1.807, 2.05) is 0 Å². The van der Waals surface area contributed by atoms with E-state index in [1.165, 1.54) is 0 Å². The minimum absolute atomic E-state index is 0.255. The van der Waals surface area contributed by atoms with Crippen molar-refractivity contribution in [2.45, 2.75) is 18.6 Å². The van der Waals surface area contributed by atoms with Crippen LogP contribution < -0.4 is 5.11 Å². The summed E-state index contributed by atoms with van der Waals surface area (Å²) < 4.78 is 0. The van der Waals surface area contributed by atoms with Crippen molar-refractivity contribution in [1.29, 1.82) is 0 Å². The Morgan fingerprint density at radius 2 is 2.17 bits per heavy atom. The van der Waals surface area contributed by atoms with Crippen LogP contribution in [-0.2, 0) is 9.59 Å². The summed E-state index contributed by atoms with van der Waals surface area (Å²) in [7, 11) is 0. The van der Waals surface area contributed by atoms with E-state index < -0.39 is 24.0 Å². The fourth-order valence-corrected chi connectivity index (χ4v) is 0.985. The predicted octanol–water partition coefficient (Wildman–Crippen LogP) is -2.64. The maximum atomic E-state index is 10.7. The first-order chi connectivity index (χ1) is 5.52. The minimum Gasteiger partial charge on any atom is -0.545 e. The van der Waals surface area contributed by atoms with E-state index in [4.69, 9.17) is 10.2 Å². The van der Waals surface area contributed by atoms with Gasteiger partial charge in [0.05, 0.1) is 12.1 Å². The molecule has 1 aliphatic rings. The van der Waals surface area contributed by atoms with Crippen LogP contribution in [0.4, 0.5) is 0 Å². The van der Waals surface area contributed by atoms with Crippen LogP contribution in [0.15, 0.2) is 11.6 Å². The zero-order valence-electron chi connectivity index (χ0n) is 6.06. The molecule has 2 N–H and O–H groups in total. The summed E-state index contributed by atoms with van der Waals surface area (Å²) in [6.45, 7) is 0. The number of carbonyl (C=O) groups excluding carboxylic acids is 2. The number of aliphatic carboxylic acids is 1. The highest BCUT2D eigenvalue weighted by atomic mass is 16.4. The maximum Gasteiger partial charge on any atom is 0.187 e. The average molecular weight is 171 g/mol. The molecule has 0 fully saturated rings. The monoisotopic (exact) mass is 171 g/mol. The molecule has 0 radical (unpaired) electrons. The molecule has 0 heterocycles. The van der Waals surface area contributed by atoms with Gasteiger partial charge in [0.25, 0.3) is 0 Å². The standard InChI is InChI=1S/C7H8O5/c8-4-1-3(7(11)12)2-5(9)6(4)10/h1,5-6,9-10H,2H2,(H,11,12)/p-1. The SMILES string of the molecule is O=C([O-])C1=CC(=O)C(O)C(O)C1. The number of carboxylic acid groups (broad SMARTS) is 1. The lowest BCUT2D eigenvalue weighted by Crippen LogP contribution is -2.40. The van der Waals surface area contributed by atoms with E-state index in [9.17, 15) is 14.7 Å². The molecule has 66 valence electrons. The van der Waals surface area contributed by atoms with Crippen LogP contribution in [0.1, 0.15) is 6.42 Å². The van der Waals surface area contributed by atoms with Crippen LogP contribution in [0.2, 0.25) is 0 Å². The lowest BCUT2D eigenvalue weighted by atomic mass is 9.94. The van der Waals surface area contributed by atoms with Gasteiger partial charge in [-0.05, 0) is 11.6 Å². The van der Waals surface area contributed by atoms with Gasteiger partial charge < -0.3 is 20.1 Å². The fourth-order valence-electron chi connectivity index (χ4n) is 0.985. The molecule has 0 amide bonds. The van der Waals surface area contributed by atoms with Gasteiger partial charge in [-0.15, -0.1) is 0 Å². The molecule has 1 aliphatic carbocycles. The molecule has 1 rings (SSSR count). The van der Waals surface area contributed by atoms with Gasteiger partial charge in [0.1, 0.15) is 6.10 Å². The Balaban J connectivity index is 2.89. The van der Waals surface area contributed by atoms with Crippen LogP contribution in [0.3, 0.4) is 0 Å². The van der Waals surface area contributed by atoms with Crippen LogP contribution in [0.25, 0.3) is 0 Å². The third-order valence-electron chi connectivity index (χ3n) is 1.66. The van der Waals surface area contributed by atoms with E-state index in [1.54, 1.807) is 0 Å². The molecule has 2 atom stereocenters. The normalized spacial score (nSPS) is 29.8. The van der Waals surface area contributed by atoms with E-state index in [0.717, 1.165) is 6.08 Å². The van der Waals surface area contributed by atoms with Gasteiger partial charge in [-0.25, -0.2) is 0 Å². The number of aliphatic hydroxyl groups excluding tert-OH is 2. The summed E-state index contributed by atoms with van der Waals surface area (Å²) in [4.78, 5) is 21.0. The summed E-state index contributed by atoms with van der Waals surface area (Å²) in [5.74, 6) is -2.29. The first kappa shape index (κ1) is 8.89. The van der Waals surface area contributed by atoms with Crippen molar-refractivity contribution in [3.63, 3.8) is 0 Å². The van der Waals surface area contributed by atoms with Crippen LogP contribution in [0, 0.1) is 0 Å². The Morgan fingerprint density at radius 3 is 2.58 bits per heavy atom. The molecule has 5 heteroatoms.